The number of hydrogen-bond acceptors (Lipinski definition) is 2. The van der Waals surface area contributed by atoms with Crippen molar-refractivity contribution in [3.8, 4) is 39.1 Å². The Kier molecular flexibility index (Phi) is 7.95. The van der Waals surface area contributed by atoms with Gasteiger partial charge in [0.1, 0.15) is 5.58 Å². The molecule has 0 amide bonds. The fraction of sp³-hybridized carbons (Fsp3) is 0.0492. The molecule has 1 aliphatic rings. The smallest absolute Gasteiger partial charge is 0.160 e. The number of rotatable bonds is 6. The molecule has 12 aromatic rings. The number of hydrogen-bond donors (Lipinski definition) is 0. The Hall–Kier alpha value is -8.14. The van der Waals surface area contributed by atoms with Crippen LogP contribution < -0.4 is 4.90 Å². The number of furan rings is 1. The SMILES string of the molecule is CC1(C)c2ccccc2-c2cc(N(c3ccc(-c4ccc(-c5ccc6c(c5)c5ccccc5n6-c5ccccc5)cc4)cc3)c3cc4ccccc4c4c3oc3ccccc34)ccc21. The van der Waals surface area contributed by atoms with Crippen LogP contribution in [0.1, 0.15) is 25.0 Å². The molecule has 0 bridgehead atoms. The van der Waals surface area contributed by atoms with Gasteiger partial charge < -0.3 is 13.9 Å². The van der Waals surface area contributed by atoms with E-state index in [1.165, 1.54) is 77.2 Å². The van der Waals surface area contributed by atoms with Gasteiger partial charge in [0, 0.05) is 44.0 Å². The number of benzene rings is 10. The monoisotopic (exact) mass is 818 g/mol. The van der Waals surface area contributed by atoms with Crippen LogP contribution in [0.5, 0.6) is 0 Å². The third-order valence-corrected chi connectivity index (χ3v) is 13.8. The lowest BCUT2D eigenvalue weighted by Crippen LogP contribution is -2.15. The summed E-state index contributed by atoms with van der Waals surface area (Å²) in [6.07, 6.45) is 0. The van der Waals surface area contributed by atoms with Crippen LogP contribution in [-0.2, 0) is 5.41 Å². The highest BCUT2D eigenvalue weighted by Crippen LogP contribution is 2.52. The van der Waals surface area contributed by atoms with Crippen molar-refractivity contribution in [3.05, 3.63) is 230 Å². The molecule has 0 spiro atoms. The Bertz CT molecular complexity index is 3800. The number of nitrogens with zero attached hydrogens (tertiary/aromatic N) is 2. The summed E-state index contributed by atoms with van der Waals surface area (Å²) >= 11 is 0. The van der Waals surface area contributed by atoms with Gasteiger partial charge in [-0.05, 0) is 122 Å². The van der Waals surface area contributed by atoms with Gasteiger partial charge >= 0.3 is 0 Å². The van der Waals surface area contributed by atoms with Crippen molar-refractivity contribution in [3.63, 3.8) is 0 Å². The molecule has 13 rings (SSSR count). The number of fused-ring (bicyclic) bond motifs is 11. The van der Waals surface area contributed by atoms with Gasteiger partial charge in [-0.1, -0.05) is 166 Å². The van der Waals surface area contributed by atoms with E-state index in [0.717, 1.165) is 44.6 Å². The molecule has 0 radical (unpaired) electrons. The van der Waals surface area contributed by atoms with E-state index in [2.05, 4.69) is 242 Å². The fourth-order valence-electron chi connectivity index (χ4n) is 10.7. The minimum Gasteiger partial charge on any atom is -0.454 e. The summed E-state index contributed by atoms with van der Waals surface area (Å²) in [5, 5.41) is 7.13. The molecule has 0 fully saturated rings. The van der Waals surface area contributed by atoms with Crippen molar-refractivity contribution in [1.82, 2.24) is 4.57 Å². The molecule has 0 N–H and O–H groups in total. The molecule has 2 heterocycles. The molecule has 0 saturated carbocycles. The van der Waals surface area contributed by atoms with Crippen LogP contribution in [-0.4, -0.2) is 4.57 Å². The first-order valence-electron chi connectivity index (χ1n) is 22.2. The Labute approximate surface area is 371 Å². The zero-order valence-corrected chi connectivity index (χ0v) is 35.6. The Morgan fingerprint density at radius 1 is 0.422 bits per heavy atom. The molecular weight excluding hydrogens is 777 g/mol. The predicted octanol–water partition coefficient (Wildman–Crippen LogP) is 16.9. The minimum absolute atomic E-state index is 0.0863. The van der Waals surface area contributed by atoms with Crippen molar-refractivity contribution in [2.75, 3.05) is 4.90 Å². The summed E-state index contributed by atoms with van der Waals surface area (Å²) in [6, 6.07) is 79.5. The second-order valence-corrected chi connectivity index (χ2v) is 17.7. The molecular formula is C61H42N2O. The van der Waals surface area contributed by atoms with E-state index >= 15 is 0 Å². The molecule has 3 heteroatoms. The maximum atomic E-state index is 6.86. The molecule has 64 heavy (non-hydrogen) atoms. The fourth-order valence-corrected chi connectivity index (χ4v) is 10.7. The number of para-hydroxylation sites is 3. The molecule has 3 nitrogen and oxygen atoms in total. The van der Waals surface area contributed by atoms with Crippen LogP contribution in [0.2, 0.25) is 0 Å². The second kappa shape index (κ2) is 13.9. The van der Waals surface area contributed by atoms with E-state index < -0.39 is 0 Å². The maximum absolute atomic E-state index is 6.86. The highest BCUT2D eigenvalue weighted by molar-refractivity contribution is 6.23. The Balaban J connectivity index is 0.916. The molecule has 0 saturated heterocycles. The highest BCUT2D eigenvalue weighted by atomic mass is 16.3. The molecule has 1 aliphatic carbocycles. The summed E-state index contributed by atoms with van der Waals surface area (Å²) in [6.45, 7) is 4.68. The van der Waals surface area contributed by atoms with Gasteiger partial charge in [-0.15, -0.1) is 0 Å². The first-order valence-corrected chi connectivity index (χ1v) is 22.2. The van der Waals surface area contributed by atoms with Crippen molar-refractivity contribution in [1.29, 1.82) is 0 Å². The van der Waals surface area contributed by atoms with Gasteiger partial charge in [0.25, 0.3) is 0 Å². The Morgan fingerprint density at radius 3 is 1.83 bits per heavy atom. The van der Waals surface area contributed by atoms with Crippen molar-refractivity contribution in [2.24, 2.45) is 0 Å². The quantitative estimate of drug-likeness (QED) is 0.167. The van der Waals surface area contributed by atoms with E-state index in [9.17, 15) is 0 Å². The van der Waals surface area contributed by atoms with Crippen LogP contribution in [0.3, 0.4) is 0 Å². The van der Waals surface area contributed by atoms with E-state index in [0.29, 0.717) is 0 Å². The lowest BCUT2D eigenvalue weighted by atomic mass is 9.82. The maximum Gasteiger partial charge on any atom is 0.160 e. The van der Waals surface area contributed by atoms with Crippen molar-refractivity contribution >= 4 is 71.6 Å². The minimum atomic E-state index is -0.0863. The summed E-state index contributed by atoms with van der Waals surface area (Å²) in [5.41, 5.74) is 18.5. The van der Waals surface area contributed by atoms with Gasteiger partial charge in [0.15, 0.2) is 5.58 Å². The summed E-state index contributed by atoms with van der Waals surface area (Å²) in [5.74, 6) is 0. The van der Waals surface area contributed by atoms with Crippen molar-refractivity contribution < 1.29 is 4.42 Å². The molecule has 0 atom stereocenters. The zero-order chi connectivity index (χ0) is 42.5. The van der Waals surface area contributed by atoms with E-state index in [1.807, 2.05) is 0 Å². The van der Waals surface area contributed by atoms with Crippen LogP contribution in [0.4, 0.5) is 17.1 Å². The second-order valence-electron chi connectivity index (χ2n) is 17.7. The normalized spacial score (nSPS) is 13.0. The van der Waals surface area contributed by atoms with Gasteiger partial charge in [-0.2, -0.15) is 0 Å². The van der Waals surface area contributed by atoms with E-state index in [-0.39, 0.29) is 5.41 Å². The van der Waals surface area contributed by atoms with E-state index in [1.54, 1.807) is 0 Å². The third-order valence-electron chi connectivity index (χ3n) is 13.8. The molecule has 10 aromatic carbocycles. The van der Waals surface area contributed by atoms with Crippen LogP contribution in [0.25, 0.3) is 93.6 Å². The highest BCUT2D eigenvalue weighted by Gasteiger charge is 2.36. The molecule has 0 aliphatic heterocycles. The third kappa shape index (κ3) is 5.47. The molecule has 2 aromatic heterocycles. The molecule has 0 unspecified atom stereocenters. The van der Waals surface area contributed by atoms with Gasteiger partial charge in [0.05, 0.1) is 16.7 Å². The van der Waals surface area contributed by atoms with Gasteiger partial charge in [-0.25, -0.2) is 0 Å². The first kappa shape index (κ1) is 36.5. The van der Waals surface area contributed by atoms with Crippen LogP contribution in [0.15, 0.2) is 223 Å². The van der Waals surface area contributed by atoms with Crippen molar-refractivity contribution in [2.45, 2.75) is 19.3 Å². The van der Waals surface area contributed by atoms with E-state index in [4.69, 9.17) is 4.42 Å². The predicted molar refractivity (Wildman–Crippen MR) is 269 cm³/mol. The molecule has 302 valence electrons. The lowest BCUT2D eigenvalue weighted by molar-refractivity contribution is 0.660. The topological polar surface area (TPSA) is 21.3 Å². The van der Waals surface area contributed by atoms with Crippen LogP contribution >= 0.6 is 0 Å². The van der Waals surface area contributed by atoms with Gasteiger partial charge in [-0.3, -0.25) is 0 Å². The van der Waals surface area contributed by atoms with Gasteiger partial charge in [0.2, 0.25) is 0 Å². The first-order chi connectivity index (χ1) is 31.5. The summed E-state index contributed by atoms with van der Waals surface area (Å²) in [7, 11) is 0. The average Bonchev–Trinajstić information content (AvgIpc) is 3.98. The Morgan fingerprint density at radius 2 is 1.02 bits per heavy atom. The summed E-state index contributed by atoms with van der Waals surface area (Å²) in [4.78, 5) is 2.39. The lowest BCUT2D eigenvalue weighted by Gasteiger charge is -2.28. The average molecular weight is 819 g/mol. The standard InChI is InChI=1S/C61H42N2O/c1-61(2)53-21-11-8-18-48(53)51-38-46(33-34-54(51)61)62(57-37-43-14-6-7-17-47(43)59-50-20-10-13-23-58(50)64-60(57)59)45-31-28-40(29-32-45)39-24-26-41(27-25-39)42-30-35-56-52(36-42)49-19-9-12-22-55(49)63(56)44-15-4-3-5-16-44/h3-38H,1-2H3. The largest absolute Gasteiger partial charge is 0.454 e. The zero-order valence-electron chi connectivity index (χ0n) is 35.6. The number of aromatic nitrogens is 1. The van der Waals surface area contributed by atoms with Crippen LogP contribution in [0, 0.1) is 0 Å². The number of anilines is 3. The summed E-state index contributed by atoms with van der Waals surface area (Å²) < 4.78 is 9.23.